The van der Waals surface area contributed by atoms with Crippen molar-refractivity contribution >= 4 is 41.5 Å². The second-order valence-electron chi connectivity index (χ2n) is 7.68. The van der Waals surface area contributed by atoms with Gasteiger partial charge < -0.3 is 16.0 Å². The predicted molar refractivity (Wildman–Crippen MR) is 139 cm³/mol. The van der Waals surface area contributed by atoms with Gasteiger partial charge in [-0.3, -0.25) is 14.7 Å². The zero-order valence-electron chi connectivity index (χ0n) is 18.4. The van der Waals surface area contributed by atoms with Crippen LogP contribution in [-0.4, -0.2) is 50.0 Å². The first kappa shape index (κ1) is 25.1. The Morgan fingerprint density at radius 3 is 2.32 bits per heavy atom. The van der Waals surface area contributed by atoms with Gasteiger partial charge in [0.1, 0.15) is 0 Å². The second kappa shape index (κ2) is 13.3. The highest BCUT2D eigenvalue weighted by atomic mass is 127. The summed E-state index contributed by atoms with van der Waals surface area (Å²) in [6, 6.07) is 19.0. The maximum absolute atomic E-state index is 11.1. The fourth-order valence-corrected chi connectivity index (χ4v) is 3.88. The van der Waals surface area contributed by atoms with E-state index in [2.05, 4.69) is 56.2 Å². The highest BCUT2D eigenvalue weighted by Gasteiger charge is 2.23. The molecule has 168 valence electrons. The SMILES string of the molecule is CN=C(NCCc1ccc(NC(C)=O)cc1)NCC(c1ccccc1)N1CCCC1.I. The summed E-state index contributed by atoms with van der Waals surface area (Å²) in [6.07, 6.45) is 3.43. The van der Waals surface area contributed by atoms with Crippen LogP contribution in [0.2, 0.25) is 0 Å². The molecule has 1 aliphatic rings. The monoisotopic (exact) mass is 535 g/mol. The van der Waals surface area contributed by atoms with Crippen LogP contribution in [0.4, 0.5) is 5.69 Å². The zero-order chi connectivity index (χ0) is 21.2. The normalized spacial score (nSPS) is 15.1. The van der Waals surface area contributed by atoms with Crippen molar-refractivity contribution in [2.75, 3.05) is 38.5 Å². The van der Waals surface area contributed by atoms with Crippen molar-refractivity contribution in [3.63, 3.8) is 0 Å². The number of hydrogen-bond acceptors (Lipinski definition) is 3. The lowest BCUT2D eigenvalue weighted by molar-refractivity contribution is -0.114. The third kappa shape index (κ3) is 8.14. The molecule has 0 bridgehead atoms. The van der Waals surface area contributed by atoms with Gasteiger partial charge in [-0.15, -0.1) is 24.0 Å². The van der Waals surface area contributed by atoms with Gasteiger partial charge in [-0.05, 0) is 55.6 Å². The Balaban J connectivity index is 0.00000341. The van der Waals surface area contributed by atoms with Crippen LogP contribution in [0.15, 0.2) is 59.6 Å². The number of likely N-dealkylation sites (tertiary alicyclic amines) is 1. The molecular formula is C24H34IN5O. The Hall–Kier alpha value is -2.13. The minimum atomic E-state index is -0.0537. The number of halogens is 1. The Morgan fingerprint density at radius 2 is 1.71 bits per heavy atom. The molecule has 1 unspecified atom stereocenters. The van der Waals surface area contributed by atoms with E-state index in [1.807, 2.05) is 31.3 Å². The predicted octanol–water partition coefficient (Wildman–Crippen LogP) is 3.81. The number of nitrogens with one attached hydrogen (secondary N) is 3. The maximum atomic E-state index is 11.1. The summed E-state index contributed by atoms with van der Waals surface area (Å²) in [4.78, 5) is 18.1. The fraction of sp³-hybridized carbons (Fsp3) is 0.417. The van der Waals surface area contributed by atoms with E-state index in [0.29, 0.717) is 6.04 Å². The van der Waals surface area contributed by atoms with E-state index in [1.165, 1.54) is 30.9 Å². The van der Waals surface area contributed by atoms with Crippen LogP contribution in [0, 0.1) is 0 Å². The molecule has 2 aromatic rings. The highest BCUT2D eigenvalue weighted by Crippen LogP contribution is 2.24. The summed E-state index contributed by atoms with van der Waals surface area (Å²) in [6.45, 7) is 5.44. The van der Waals surface area contributed by atoms with Crippen molar-refractivity contribution in [3.05, 3.63) is 65.7 Å². The average molecular weight is 535 g/mol. The molecule has 0 saturated carbocycles. The smallest absolute Gasteiger partial charge is 0.221 e. The van der Waals surface area contributed by atoms with E-state index in [0.717, 1.165) is 44.2 Å². The van der Waals surface area contributed by atoms with Crippen molar-refractivity contribution in [2.24, 2.45) is 4.99 Å². The summed E-state index contributed by atoms with van der Waals surface area (Å²) in [5.74, 6) is 0.770. The van der Waals surface area contributed by atoms with Gasteiger partial charge in [0.2, 0.25) is 5.91 Å². The van der Waals surface area contributed by atoms with Gasteiger partial charge in [0, 0.05) is 32.7 Å². The number of carbonyl (C=O) groups is 1. The minimum absolute atomic E-state index is 0. The van der Waals surface area contributed by atoms with Crippen molar-refractivity contribution in [2.45, 2.75) is 32.2 Å². The summed E-state index contributed by atoms with van der Waals surface area (Å²) in [5.41, 5.74) is 3.39. The van der Waals surface area contributed by atoms with Crippen LogP contribution in [0.1, 0.15) is 36.9 Å². The Bertz CT molecular complexity index is 820. The largest absolute Gasteiger partial charge is 0.356 e. The van der Waals surface area contributed by atoms with E-state index in [1.54, 1.807) is 0 Å². The lowest BCUT2D eigenvalue weighted by Crippen LogP contribution is -2.43. The van der Waals surface area contributed by atoms with Gasteiger partial charge in [0.05, 0.1) is 6.04 Å². The molecule has 0 spiro atoms. The first-order valence-electron chi connectivity index (χ1n) is 10.8. The summed E-state index contributed by atoms with van der Waals surface area (Å²) in [7, 11) is 1.81. The van der Waals surface area contributed by atoms with Crippen LogP contribution in [0.5, 0.6) is 0 Å². The van der Waals surface area contributed by atoms with E-state index >= 15 is 0 Å². The zero-order valence-corrected chi connectivity index (χ0v) is 20.8. The average Bonchev–Trinajstić information content (AvgIpc) is 3.29. The fourth-order valence-electron chi connectivity index (χ4n) is 3.88. The van der Waals surface area contributed by atoms with Gasteiger partial charge >= 0.3 is 0 Å². The number of amides is 1. The first-order chi connectivity index (χ1) is 14.7. The van der Waals surface area contributed by atoms with E-state index in [-0.39, 0.29) is 29.9 Å². The standard InChI is InChI=1S/C24H33N5O.HI/c1-19(30)28-22-12-10-20(11-13-22)14-15-26-24(25-2)27-18-23(29-16-6-7-17-29)21-8-4-3-5-9-21;/h3-5,8-13,23H,6-7,14-18H2,1-2H3,(H,28,30)(H2,25,26,27);1H. The Kier molecular flexibility index (Phi) is 10.8. The van der Waals surface area contributed by atoms with Gasteiger partial charge in [-0.2, -0.15) is 0 Å². The quantitative estimate of drug-likeness (QED) is 0.273. The number of benzene rings is 2. The number of anilines is 1. The number of hydrogen-bond donors (Lipinski definition) is 3. The van der Waals surface area contributed by atoms with Crippen molar-refractivity contribution in [1.82, 2.24) is 15.5 Å². The summed E-state index contributed by atoms with van der Waals surface area (Å²) in [5, 5.41) is 9.72. The van der Waals surface area contributed by atoms with Crippen LogP contribution in [0.25, 0.3) is 0 Å². The molecule has 31 heavy (non-hydrogen) atoms. The van der Waals surface area contributed by atoms with Gasteiger partial charge in [0.15, 0.2) is 5.96 Å². The van der Waals surface area contributed by atoms with Gasteiger partial charge in [-0.25, -0.2) is 0 Å². The first-order valence-corrected chi connectivity index (χ1v) is 10.8. The maximum Gasteiger partial charge on any atom is 0.221 e. The number of carbonyl (C=O) groups excluding carboxylic acids is 1. The molecule has 1 atom stereocenters. The topological polar surface area (TPSA) is 68.8 Å². The molecule has 1 aliphatic heterocycles. The van der Waals surface area contributed by atoms with Crippen LogP contribution in [-0.2, 0) is 11.2 Å². The third-order valence-corrected chi connectivity index (χ3v) is 5.43. The number of rotatable bonds is 8. The highest BCUT2D eigenvalue weighted by molar-refractivity contribution is 14.0. The third-order valence-electron chi connectivity index (χ3n) is 5.43. The molecule has 1 heterocycles. The molecule has 7 heteroatoms. The minimum Gasteiger partial charge on any atom is -0.356 e. The van der Waals surface area contributed by atoms with Gasteiger partial charge in [-0.1, -0.05) is 42.5 Å². The molecule has 1 amide bonds. The second-order valence-corrected chi connectivity index (χ2v) is 7.68. The molecule has 0 aliphatic carbocycles. The van der Waals surface area contributed by atoms with Crippen molar-refractivity contribution in [1.29, 1.82) is 0 Å². The van der Waals surface area contributed by atoms with E-state index < -0.39 is 0 Å². The Morgan fingerprint density at radius 1 is 1.03 bits per heavy atom. The molecule has 2 aromatic carbocycles. The molecule has 0 aromatic heterocycles. The summed E-state index contributed by atoms with van der Waals surface area (Å²) < 4.78 is 0. The molecule has 0 radical (unpaired) electrons. The molecular weight excluding hydrogens is 501 g/mol. The lowest BCUT2D eigenvalue weighted by Gasteiger charge is -2.29. The van der Waals surface area contributed by atoms with Crippen LogP contribution < -0.4 is 16.0 Å². The molecule has 3 rings (SSSR count). The lowest BCUT2D eigenvalue weighted by atomic mass is 10.1. The van der Waals surface area contributed by atoms with Gasteiger partial charge in [0.25, 0.3) is 0 Å². The molecule has 1 saturated heterocycles. The van der Waals surface area contributed by atoms with Crippen LogP contribution in [0.3, 0.4) is 0 Å². The summed E-state index contributed by atoms with van der Waals surface area (Å²) >= 11 is 0. The van der Waals surface area contributed by atoms with Crippen molar-refractivity contribution < 1.29 is 4.79 Å². The number of aliphatic imine (C=N–C) groups is 1. The van der Waals surface area contributed by atoms with E-state index in [4.69, 9.17) is 0 Å². The Labute approximate surface area is 202 Å². The van der Waals surface area contributed by atoms with Crippen molar-refractivity contribution in [3.8, 4) is 0 Å². The van der Waals surface area contributed by atoms with Crippen LogP contribution >= 0.6 is 24.0 Å². The number of guanidine groups is 1. The molecule has 6 nitrogen and oxygen atoms in total. The van der Waals surface area contributed by atoms with E-state index in [9.17, 15) is 4.79 Å². The molecule has 1 fully saturated rings. The molecule has 3 N–H and O–H groups in total. The number of nitrogens with zero attached hydrogens (tertiary/aromatic N) is 2.